The maximum Gasteiger partial charge on any atom is 0.0583 e. The molecule has 0 spiro atoms. The summed E-state index contributed by atoms with van der Waals surface area (Å²) in [5, 5.41) is 11.1. The summed E-state index contributed by atoms with van der Waals surface area (Å²) in [4.78, 5) is 2.56. The summed E-state index contributed by atoms with van der Waals surface area (Å²) in [6.45, 7) is 2.06. The third-order valence-corrected chi connectivity index (χ3v) is 5.39. The zero-order chi connectivity index (χ0) is 13.9. The number of halogens is 1. The molecule has 2 aliphatic rings. The molecule has 1 aromatic carbocycles. The fraction of sp³-hybridized carbons (Fsp3) is 0.647. The SMILES string of the molecule is OC1CCCC1C1CCCCN1Cc1ccccc1Cl. The van der Waals surface area contributed by atoms with E-state index in [2.05, 4.69) is 17.0 Å². The number of aliphatic hydroxyl groups excluding tert-OH is 1. The van der Waals surface area contributed by atoms with Crippen LogP contribution in [0.5, 0.6) is 0 Å². The molecule has 3 unspecified atom stereocenters. The van der Waals surface area contributed by atoms with Gasteiger partial charge in [0.15, 0.2) is 0 Å². The first-order valence-corrected chi connectivity index (χ1v) is 8.29. The summed E-state index contributed by atoms with van der Waals surface area (Å²) in [6.07, 6.45) is 7.06. The van der Waals surface area contributed by atoms with Crippen molar-refractivity contribution in [1.29, 1.82) is 0 Å². The molecule has 1 aromatic rings. The highest BCUT2D eigenvalue weighted by Crippen LogP contribution is 2.36. The van der Waals surface area contributed by atoms with E-state index in [1.807, 2.05) is 12.1 Å². The normalized spacial score (nSPS) is 31.6. The van der Waals surface area contributed by atoms with Gasteiger partial charge in [0.2, 0.25) is 0 Å². The van der Waals surface area contributed by atoms with Crippen LogP contribution in [-0.4, -0.2) is 28.7 Å². The number of hydrogen-bond acceptors (Lipinski definition) is 2. The third kappa shape index (κ3) is 3.03. The number of nitrogens with zero attached hydrogens (tertiary/aromatic N) is 1. The Morgan fingerprint density at radius 2 is 1.95 bits per heavy atom. The molecule has 0 bridgehead atoms. The number of likely N-dealkylation sites (tertiary alicyclic amines) is 1. The fourth-order valence-corrected chi connectivity index (χ4v) is 4.16. The molecule has 1 N–H and O–H groups in total. The van der Waals surface area contributed by atoms with E-state index in [0.29, 0.717) is 12.0 Å². The van der Waals surface area contributed by atoms with Crippen LogP contribution in [0.1, 0.15) is 44.1 Å². The van der Waals surface area contributed by atoms with E-state index < -0.39 is 0 Å². The average molecular weight is 294 g/mol. The number of hydrogen-bond donors (Lipinski definition) is 1. The molecule has 0 aromatic heterocycles. The summed E-state index contributed by atoms with van der Waals surface area (Å²) in [5.74, 6) is 0.470. The molecule has 1 saturated heterocycles. The molecule has 1 heterocycles. The summed E-state index contributed by atoms with van der Waals surface area (Å²) >= 11 is 6.30. The maximum absolute atomic E-state index is 10.2. The highest BCUT2D eigenvalue weighted by atomic mass is 35.5. The van der Waals surface area contributed by atoms with Gasteiger partial charge in [-0.25, -0.2) is 0 Å². The smallest absolute Gasteiger partial charge is 0.0583 e. The monoisotopic (exact) mass is 293 g/mol. The Bertz CT molecular complexity index is 450. The molecule has 2 nitrogen and oxygen atoms in total. The molecule has 3 rings (SSSR count). The predicted molar refractivity (Wildman–Crippen MR) is 82.8 cm³/mol. The molecule has 3 atom stereocenters. The van der Waals surface area contributed by atoms with Gasteiger partial charge < -0.3 is 5.11 Å². The maximum atomic E-state index is 10.2. The molecule has 0 radical (unpaired) electrons. The zero-order valence-corrected chi connectivity index (χ0v) is 12.7. The van der Waals surface area contributed by atoms with E-state index >= 15 is 0 Å². The molecule has 1 aliphatic carbocycles. The van der Waals surface area contributed by atoms with Crippen molar-refractivity contribution in [2.24, 2.45) is 5.92 Å². The summed E-state index contributed by atoms with van der Waals surface area (Å²) in [6, 6.07) is 8.68. The fourth-order valence-electron chi connectivity index (χ4n) is 3.96. The molecular weight excluding hydrogens is 270 g/mol. The Balaban J connectivity index is 1.74. The van der Waals surface area contributed by atoms with Crippen LogP contribution in [0.2, 0.25) is 5.02 Å². The van der Waals surface area contributed by atoms with E-state index in [1.54, 1.807) is 0 Å². The van der Waals surface area contributed by atoms with Crippen molar-refractivity contribution in [3.63, 3.8) is 0 Å². The number of piperidine rings is 1. The van der Waals surface area contributed by atoms with Crippen molar-refractivity contribution < 1.29 is 5.11 Å². The van der Waals surface area contributed by atoms with E-state index in [1.165, 1.54) is 37.7 Å². The third-order valence-electron chi connectivity index (χ3n) is 5.02. The van der Waals surface area contributed by atoms with Gasteiger partial charge in [0.25, 0.3) is 0 Å². The second-order valence-electron chi connectivity index (χ2n) is 6.29. The van der Waals surface area contributed by atoms with Crippen molar-refractivity contribution in [3.8, 4) is 0 Å². The predicted octanol–water partition coefficient (Wildman–Crippen LogP) is 3.86. The summed E-state index contributed by atoms with van der Waals surface area (Å²) in [5.41, 5.74) is 1.22. The standard InChI is InChI=1S/C17H24ClNO/c18-15-8-2-1-6-13(15)12-19-11-4-3-9-16(19)14-7-5-10-17(14)20/h1-2,6,8,14,16-17,20H,3-5,7,9-12H2. The lowest BCUT2D eigenvalue weighted by Crippen LogP contribution is -2.45. The first-order valence-electron chi connectivity index (χ1n) is 7.91. The van der Waals surface area contributed by atoms with E-state index in [-0.39, 0.29) is 6.10 Å². The van der Waals surface area contributed by atoms with Gasteiger partial charge in [-0.15, -0.1) is 0 Å². The summed E-state index contributed by atoms with van der Waals surface area (Å²) < 4.78 is 0. The molecule has 3 heteroatoms. The minimum absolute atomic E-state index is 0.0909. The van der Waals surface area contributed by atoms with Gasteiger partial charge in [-0.05, 0) is 43.9 Å². The van der Waals surface area contributed by atoms with Crippen molar-refractivity contribution in [1.82, 2.24) is 4.90 Å². The second-order valence-corrected chi connectivity index (χ2v) is 6.69. The van der Waals surface area contributed by atoms with Crippen LogP contribution >= 0.6 is 11.6 Å². The van der Waals surface area contributed by atoms with Crippen LogP contribution in [0, 0.1) is 5.92 Å². The molecule has 1 aliphatic heterocycles. The van der Waals surface area contributed by atoms with Gasteiger partial charge >= 0.3 is 0 Å². The van der Waals surface area contributed by atoms with Gasteiger partial charge in [-0.1, -0.05) is 42.6 Å². The van der Waals surface area contributed by atoms with Crippen LogP contribution in [-0.2, 0) is 6.54 Å². The first-order chi connectivity index (χ1) is 9.75. The second kappa shape index (κ2) is 6.46. The van der Waals surface area contributed by atoms with Gasteiger partial charge in [0, 0.05) is 23.5 Å². The molecular formula is C17H24ClNO. The topological polar surface area (TPSA) is 23.5 Å². The molecule has 1 saturated carbocycles. The van der Waals surface area contributed by atoms with Gasteiger partial charge in [-0.3, -0.25) is 4.90 Å². The van der Waals surface area contributed by atoms with Crippen LogP contribution in [0.4, 0.5) is 0 Å². The summed E-state index contributed by atoms with van der Waals surface area (Å²) in [7, 11) is 0. The highest BCUT2D eigenvalue weighted by Gasteiger charge is 2.36. The van der Waals surface area contributed by atoms with Crippen molar-refractivity contribution in [2.75, 3.05) is 6.54 Å². The van der Waals surface area contributed by atoms with Crippen LogP contribution in [0.25, 0.3) is 0 Å². The lowest BCUT2D eigenvalue weighted by atomic mass is 9.87. The van der Waals surface area contributed by atoms with Gasteiger partial charge in [-0.2, -0.15) is 0 Å². The van der Waals surface area contributed by atoms with Crippen LogP contribution in [0.3, 0.4) is 0 Å². The zero-order valence-electron chi connectivity index (χ0n) is 12.0. The highest BCUT2D eigenvalue weighted by molar-refractivity contribution is 6.31. The van der Waals surface area contributed by atoms with E-state index in [0.717, 1.165) is 24.5 Å². The number of benzene rings is 1. The Morgan fingerprint density at radius 3 is 2.70 bits per heavy atom. The Kier molecular flexibility index (Phi) is 4.65. The molecule has 2 fully saturated rings. The Hall–Kier alpha value is -0.570. The minimum atomic E-state index is -0.0909. The van der Waals surface area contributed by atoms with Crippen LogP contribution < -0.4 is 0 Å². The van der Waals surface area contributed by atoms with E-state index in [4.69, 9.17) is 11.6 Å². The molecule has 20 heavy (non-hydrogen) atoms. The minimum Gasteiger partial charge on any atom is -0.393 e. The number of rotatable bonds is 3. The molecule has 0 amide bonds. The Morgan fingerprint density at radius 1 is 1.10 bits per heavy atom. The van der Waals surface area contributed by atoms with Crippen molar-refractivity contribution >= 4 is 11.6 Å². The van der Waals surface area contributed by atoms with Crippen LogP contribution in [0.15, 0.2) is 24.3 Å². The van der Waals surface area contributed by atoms with Gasteiger partial charge in [0.05, 0.1) is 6.10 Å². The molecule has 110 valence electrons. The van der Waals surface area contributed by atoms with Gasteiger partial charge in [0.1, 0.15) is 0 Å². The quantitative estimate of drug-likeness (QED) is 0.915. The van der Waals surface area contributed by atoms with Crippen molar-refractivity contribution in [3.05, 3.63) is 34.9 Å². The average Bonchev–Trinajstić information content (AvgIpc) is 2.88. The Labute approximate surface area is 126 Å². The van der Waals surface area contributed by atoms with E-state index in [9.17, 15) is 5.11 Å². The van der Waals surface area contributed by atoms with Crippen molar-refractivity contribution in [2.45, 2.75) is 57.2 Å². The lowest BCUT2D eigenvalue weighted by molar-refractivity contribution is 0.0313. The first kappa shape index (κ1) is 14.4. The largest absolute Gasteiger partial charge is 0.393 e. The lowest BCUT2D eigenvalue weighted by Gasteiger charge is -2.40. The number of aliphatic hydroxyl groups is 1.